The Morgan fingerprint density at radius 2 is 1.61 bits per heavy atom. The number of fused-ring (bicyclic) bond motifs is 1. The van der Waals surface area contributed by atoms with Crippen LogP contribution in [0.15, 0.2) is 48.0 Å². The summed E-state index contributed by atoms with van der Waals surface area (Å²) in [7, 11) is 0. The fraction of sp³-hybridized carbons (Fsp3) is 0.500. The van der Waals surface area contributed by atoms with Gasteiger partial charge in [0.25, 0.3) is 0 Å². The standard InChI is InChI=1S/C28H36/c1-20-22(19-28(5)16-7-6-8-17-28)18-26-24(20)10-9-11-25(26)21-12-14-23(15-13-21)27(2,3)4/h9-15,18,20H,6-8,16-17,19H2,1-5H3. The summed E-state index contributed by atoms with van der Waals surface area (Å²) in [6.45, 7) is 11.8. The van der Waals surface area contributed by atoms with Crippen molar-refractivity contribution in [2.45, 2.75) is 84.5 Å². The van der Waals surface area contributed by atoms with Crippen molar-refractivity contribution in [3.63, 3.8) is 0 Å². The Hall–Kier alpha value is -1.82. The lowest BCUT2D eigenvalue weighted by Gasteiger charge is -2.35. The van der Waals surface area contributed by atoms with E-state index in [1.165, 1.54) is 66.3 Å². The first kappa shape index (κ1) is 19.5. The van der Waals surface area contributed by atoms with Gasteiger partial charge in [0.1, 0.15) is 0 Å². The molecule has 0 saturated heterocycles. The van der Waals surface area contributed by atoms with Crippen molar-refractivity contribution in [3.8, 4) is 11.1 Å². The van der Waals surface area contributed by atoms with Gasteiger partial charge in [-0.25, -0.2) is 0 Å². The van der Waals surface area contributed by atoms with Gasteiger partial charge in [-0.1, -0.05) is 108 Å². The highest BCUT2D eigenvalue weighted by atomic mass is 14.4. The molecule has 2 aromatic carbocycles. The summed E-state index contributed by atoms with van der Waals surface area (Å²) in [4.78, 5) is 0. The molecule has 0 radical (unpaired) electrons. The molecule has 1 unspecified atom stereocenters. The zero-order valence-corrected chi connectivity index (χ0v) is 18.4. The predicted octanol–water partition coefficient (Wildman–Crippen LogP) is 8.51. The first-order valence-corrected chi connectivity index (χ1v) is 11.2. The van der Waals surface area contributed by atoms with Crippen molar-refractivity contribution < 1.29 is 0 Å². The average molecular weight is 373 g/mol. The molecule has 0 nitrogen and oxygen atoms in total. The molecular formula is C28H36. The maximum Gasteiger partial charge on any atom is 0.00295 e. The Bertz CT molecular complexity index is 867. The van der Waals surface area contributed by atoms with Crippen LogP contribution in [0.25, 0.3) is 17.2 Å². The molecule has 0 bridgehead atoms. The third kappa shape index (κ3) is 3.71. The molecule has 2 aromatic rings. The number of allylic oxidation sites excluding steroid dienone is 1. The molecule has 0 N–H and O–H groups in total. The largest absolute Gasteiger partial charge is 0.0618 e. The van der Waals surface area contributed by atoms with Crippen molar-refractivity contribution in [2.75, 3.05) is 0 Å². The Morgan fingerprint density at radius 1 is 0.929 bits per heavy atom. The maximum atomic E-state index is 2.53. The topological polar surface area (TPSA) is 0 Å². The molecule has 2 aliphatic carbocycles. The molecule has 0 heterocycles. The van der Waals surface area contributed by atoms with E-state index >= 15 is 0 Å². The Kier molecular flexibility index (Phi) is 5.02. The number of hydrogen-bond donors (Lipinski definition) is 0. The first-order valence-electron chi connectivity index (χ1n) is 11.2. The van der Waals surface area contributed by atoms with E-state index in [0.29, 0.717) is 11.3 Å². The quantitative estimate of drug-likeness (QED) is 0.506. The second-order valence-corrected chi connectivity index (χ2v) is 10.6. The van der Waals surface area contributed by atoms with Gasteiger partial charge in [0.15, 0.2) is 0 Å². The Labute approximate surface area is 172 Å². The highest BCUT2D eigenvalue weighted by Gasteiger charge is 2.32. The molecule has 1 saturated carbocycles. The molecule has 1 atom stereocenters. The number of hydrogen-bond acceptors (Lipinski definition) is 0. The van der Waals surface area contributed by atoms with Gasteiger partial charge in [0, 0.05) is 5.92 Å². The van der Waals surface area contributed by atoms with Gasteiger partial charge < -0.3 is 0 Å². The molecule has 0 amide bonds. The Morgan fingerprint density at radius 3 is 2.25 bits per heavy atom. The van der Waals surface area contributed by atoms with Crippen LogP contribution < -0.4 is 0 Å². The summed E-state index contributed by atoms with van der Waals surface area (Å²) < 4.78 is 0. The SMILES string of the molecule is CC1C(CC2(C)CCCCC2)=Cc2c(-c3ccc(C(C)(C)C)cc3)cccc21. The van der Waals surface area contributed by atoms with Crippen LogP contribution in [0.3, 0.4) is 0 Å². The van der Waals surface area contributed by atoms with E-state index in [2.05, 4.69) is 83.2 Å². The summed E-state index contributed by atoms with van der Waals surface area (Å²) in [6.07, 6.45) is 10.9. The molecule has 28 heavy (non-hydrogen) atoms. The van der Waals surface area contributed by atoms with Gasteiger partial charge in [-0.15, -0.1) is 0 Å². The second-order valence-electron chi connectivity index (χ2n) is 10.6. The molecule has 0 aliphatic heterocycles. The van der Waals surface area contributed by atoms with E-state index in [-0.39, 0.29) is 5.41 Å². The van der Waals surface area contributed by atoms with Crippen LogP contribution in [0.2, 0.25) is 0 Å². The average Bonchev–Trinajstić information content (AvgIpc) is 2.97. The van der Waals surface area contributed by atoms with Crippen LogP contribution in [0.4, 0.5) is 0 Å². The number of benzene rings is 2. The van der Waals surface area contributed by atoms with Gasteiger partial charge in [-0.2, -0.15) is 0 Å². The monoisotopic (exact) mass is 372 g/mol. The zero-order chi connectivity index (χ0) is 19.9. The first-order chi connectivity index (χ1) is 13.3. The molecule has 0 heteroatoms. The summed E-state index contributed by atoms with van der Waals surface area (Å²) in [6, 6.07) is 16.1. The normalized spacial score (nSPS) is 21.3. The molecule has 2 aliphatic rings. The minimum atomic E-state index is 0.203. The van der Waals surface area contributed by atoms with E-state index in [4.69, 9.17) is 0 Å². The van der Waals surface area contributed by atoms with Gasteiger partial charge >= 0.3 is 0 Å². The van der Waals surface area contributed by atoms with Crippen molar-refractivity contribution in [2.24, 2.45) is 5.41 Å². The molecule has 1 fully saturated rings. The molecule has 0 spiro atoms. The van der Waals surface area contributed by atoms with Crippen LogP contribution >= 0.6 is 0 Å². The van der Waals surface area contributed by atoms with Gasteiger partial charge in [-0.05, 0) is 57.9 Å². The molecule has 148 valence electrons. The smallest absolute Gasteiger partial charge is 0.00295 e. The lowest BCUT2D eigenvalue weighted by Crippen LogP contribution is -2.21. The third-order valence-corrected chi connectivity index (χ3v) is 7.25. The van der Waals surface area contributed by atoms with E-state index in [0.717, 1.165) is 0 Å². The highest BCUT2D eigenvalue weighted by molar-refractivity contribution is 5.82. The van der Waals surface area contributed by atoms with Crippen LogP contribution in [-0.2, 0) is 5.41 Å². The number of rotatable bonds is 3. The minimum Gasteiger partial charge on any atom is -0.0618 e. The molecule has 4 rings (SSSR count). The van der Waals surface area contributed by atoms with E-state index in [1.54, 1.807) is 5.57 Å². The lowest BCUT2D eigenvalue weighted by molar-refractivity contribution is 0.212. The summed E-state index contributed by atoms with van der Waals surface area (Å²) in [5.41, 5.74) is 9.49. The van der Waals surface area contributed by atoms with E-state index < -0.39 is 0 Å². The summed E-state index contributed by atoms with van der Waals surface area (Å²) in [5.74, 6) is 0.558. The fourth-order valence-corrected chi connectivity index (χ4v) is 5.31. The van der Waals surface area contributed by atoms with Crippen molar-refractivity contribution in [1.82, 2.24) is 0 Å². The molecule has 0 aromatic heterocycles. The predicted molar refractivity (Wildman–Crippen MR) is 123 cm³/mol. The minimum absolute atomic E-state index is 0.203. The van der Waals surface area contributed by atoms with Gasteiger partial charge in [0.2, 0.25) is 0 Å². The van der Waals surface area contributed by atoms with Crippen molar-refractivity contribution in [1.29, 1.82) is 0 Å². The van der Waals surface area contributed by atoms with E-state index in [9.17, 15) is 0 Å². The maximum absolute atomic E-state index is 2.53. The second kappa shape index (κ2) is 7.21. The lowest BCUT2D eigenvalue weighted by atomic mass is 9.70. The van der Waals surface area contributed by atoms with Gasteiger partial charge in [-0.3, -0.25) is 0 Å². The third-order valence-electron chi connectivity index (χ3n) is 7.25. The Balaban J connectivity index is 1.66. The van der Waals surface area contributed by atoms with Crippen LogP contribution in [-0.4, -0.2) is 0 Å². The summed E-state index contributed by atoms with van der Waals surface area (Å²) in [5, 5.41) is 0. The zero-order valence-electron chi connectivity index (χ0n) is 18.4. The van der Waals surface area contributed by atoms with Crippen molar-refractivity contribution >= 4 is 6.08 Å². The van der Waals surface area contributed by atoms with Crippen LogP contribution in [0, 0.1) is 5.41 Å². The van der Waals surface area contributed by atoms with E-state index in [1.807, 2.05) is 0 Å². The fourth-order valence-electron chi connectivity index (χ4n) is 5.31. The molecular weight excluding hydrogens is 336 g/mol. The van der Waals surface area contributed by atoms with Crippen LogP contribution in [0.1, 0.15) is 95.8 Å². The van der Waals surface area contributed by atoms with Gasteiger partial charge in [0.05, 0.1) is 0 Å². The van der Waals surface area contributed by atoms with Crippen LogP contribution in [0.5, 0.6) is 0 Å². The van der Waals surface area contributed by atoms with Crippen molar-refractivity contribution in [3.05, 3.63) is 64.7 Å². The summed E-state index contributed by atoms with van der Waals surface area (Å²) >= 11 is 0. The highest BCUT2D eigenvalue weighted by Crippen LogP contribution is 2.48.